The van der Waals surface area contributed by atoms with Crippen LogP contribution in [0.1, 0.15) is 22.4 Å². The third-order valence-corrected chi connectivity index (χ3v) is 4.86. The first kappa shape index (κ1) is 20.8. The molecule has 31 heavy (non-hydrogen) atoms. The normalized spacial score (nSPS) is 12.3. The van der Waals surface area contributed by atoms with Crippen molar-refractivity contribution in [2.45, 2.75) is 18.8 Å². The summed E-state index contributed by atoms with van der Waals surface area (Å²) in [6.45, 7) is 0. The summed E-state index contributed by atoms with van der Waals surface area (Å²) in [4.78, 5) is 0. The molecule has 3 aromatic carbocycles. The van der Waals surface area contributed by atoms with Crippen molar-refractivity contribution in [3.05, 3.63) is 95.2 Å². The van der Waals surface area contributed by atoms with Gasteiger partial charge < -0.3 is 0 Å². The van der Waals surface area contributed by atoms with E-state index >= 15 is 0 Å². The Morgan fingerprint density at radius 2 is 1.39 bits per heavy atom. The lowest BCUT2D eigenvalue weighted by Crippen LogP contribution is -2.09. The Morgan fingerprint density at radius 1 is 0.677 bits per heavy atom. The Bertz CT molecular complexity index is 1230. The highest BCUT2D eigenvalue weighted by Gasteiger charge is 2.34. The topological polar surface area (TPSA) is 25.8 Å². The van der Waals surface area contributed by atoms with Gasteiger partial charge in [0.05, 0.1) is 16.8 Å². The average molecular weight is 432 g/mol. The van der Waals surface area contributed by atoms with Crippen LogP contribution in [0.4, 0.5) is 26.3 Å². The molecule has 158 valence electrons. The van der Waals surface area contributed by atoms with Crippen molar-refractivity contribution < 1.29 is 26.3 Å². The smallest absolute Gasteiger partial charge is 0.166 e. The molecule has 0 amide bonds. The van der Waals surface area contributed by atoms with Crippen molar-refractivity contribution in [2.24, 2.45) is 0 Å². The molecule has 1 heterocycles. The number of halogens is 6. The summed E-state index contributed by atoms with van der Waals surface area (Å²) in [5, 5.41) is 7.91. The summed E-state index contributed by atoms with van der Waals surface area (Å²) in [6.07, 6.45) is -9.07. The van der Waals surface area contributed by atoms with Crippen molar-refractivity contribution in [2.75, 3.05) is 0 Å². The average Bonchev–Trinajstić information content (AvgIpc) is 2.72. The number of nitrogens with zero attached hydrogens (tertiary/aromatic N) is 2. The molecule has 0 fully saturated rings. The lowest BCUT2D eigenvalue weighted by atomic mass is 9.93. The Labute approximate surface area is 173 Å². The van der Waals surface area contributed by atoms with Gasteiger partial charge in [-0.3, -0.25) is 0 Å². The summed E-state index contributed by atoms with van der Waals surface area (Å²) in [6, 6.07) is 17.0. The fraction of sp³-hybridized carbons (Fsp3) is 0.130. The molecule has 0 saturated carbocycles. The van der Waals surface area contributed by atoms with Gasteiger partial charge in [0.15, 0.2) is 0 Å². The van der Waals surface area contributed by atoms with Gasteiger partial charge >= 0.3 is 12.4 Å². The molecule has 0 aliphatic carbocycles. The van der Waals surface area contributed by atoms with Gasteiger partial charge in [-0.2, -0.15) is 31.4 Å². The van der Waals surface area contributed by atoms with E-state index in [1.165, 1.54) is 24.3 Å². The van der Waals surface area contributed by atoms with Crippen molar-refractivity contribution >= 4 is 10.9 Å². The zero-order valence-corrected chi connectivity index (χ0v) is 15.8. The summed E-state index contributed by atoms with van der Waals surface area (Å²) in [5.74, 6) is 0. The molecule has 4 aromatic rings. The van der Waals surface area contributed by atoms with Crippen molar-refractivity contribution in [3.63, 3.8) is 0 Å². The molecule has 0 saturated heterocycles. The number of hydrogen-bond donors (Lipinski definition) is 0. The van der Waals surface area contributed by atoms with Gasteiger partial charge in [-0.1, -0.05) is 54.6 Å². The van der Waals surface area contributed by atoms with Crippen LogP contribution in [0.3, 0.4) is 0 Å². The lowest BCUT2D eigenvalue weighted by Gasteiger charge is -2.16. The minimum absolute atomic E-state index is 0.0927. The summed E-state index contributed by atoms with van der Waals surface area (Å²) >= 11 is 0. The number of hydrogen-bond acceptors (Lipinski definition) is 2. The maximum atomic E-state index is 13.5. The molecule has 0 atom stereocenters. The van der Waals surface area contributed by atoms with Crippen LogP contribution in [-0.2, 0) is 18.8 Å². The summed E-state index contributed by atoms with van der Waals surface area (Å²) in [7, 11) is 0. The summed E-state index contributed by atoms with van der Waals surface area (Å²) in [5.41, 5.74) is -0.872. The highest BCUT2D eigenvalue weighted by Crippen LogP contribution is 2.39. The molecule has 0 aliphatic rings. The number of rotatable bonds is 3. The van der Waals surface area contributed by atoms with E-state index in [1.54, 1.807) is 30.3 Å². The molecule has 4 rings (SSSR count). The number of alkyl halides is 6. The van der Waals surface area contributed by atoms with Crippen LogP contribution in [0.2, 0.25) is 0 Å². The van der Waals surface area contributed by atoms with Crippen LogP contribution in [0.15, 0.2) is 72.8 Å². The molecule has 0 N–H and O–H groups in total. The maximum Gasteiger partial charge on any atom is 0.418 e. The first-order chi connectivity index (χ1) is 14.6. The SMILES string of the molecule is FC(F)(F)c1cccc(-c2c(Cc3ccccc3)nnc3c(C(F)(F)F)cccc23)c1. The predicted molar refractivity (Wildman–Crippen MR) is 104 cm³/mol. The van der Waals surface area contributed by atoms with E-state index in [0.29, 0.717) is 0 Å². The molecule has 2 nitrogen and oxygen atoms in total. The van der Waals surface area contributed by atoms with E-state index in [2.05, 4.69) is 10.2 Å². The number of fused-ring (bicyclic) bond motifs is 1. The molecule has 0 spiro atoms. The minimum Gasteiger partial charge on any atom is -0.166 e. The Balaban J connectivity index is 2.01. The maximum absolute atomic E-state index is 13.5. The molecule has 0 unspecified atom stereocenters. The largest absolute Gasteiger partial charge is 0.418 e. The molecule has 1 aromatic heterocycles. The van der Waals surface area contributed by atoms with E-state index in [-0.39, 0.29) is 28.6 Å². The van der Waals surface area contributed by atoms with Gasteiger partial charge in [-0.15, -0.1) is 5.10 Å². The van der Waals surface area contributed by atoms with E-state index < -0.39 is 29.0 Å². The fourth-order valence-corrected chi connectivity index (χ4v) is 3.48. The Hall–Kier alpha value is -3.42. The van der Waals surface area contributed by atoms with Gasteiger partial charge in [0.2, 0.25) is 0 Å². The van der Waals surface area contributed by atoms with Gasteiger partial charge in [-0.25, -0.2) is 0 Å². The predicted octanol–water partition coefficient (Wildman–Crippen LogP) is 6.93. The van der Waals surface area contributed by atoms with Crippen LogP contribution < -0.4 is 0 Å². The van der Waals surface area contributed by atoms with E-state index in [0.717, 1.165) is 23.8 Å². The highest BCUT2D eigenvalue weighted by atomic mass is 19.4. The zero-order chi connectivity index (χ0) is 22.2. The second kappa shape index (κ2) is 7.68. The molecule has 0 bridgehead atoms. The van der Waals surface area contributed by atoms with Crippen molar-refractivity contribution in [1.29, 1.82) is 0 Å². The van der Waals surface area contributed by atoms with E-state index in [4.69, 9.17) is 0 Å². The lowest BCUT2D eigenvalue weighted by molar-refractivity contribution is -0.138. The Kier molecular flexibility index (Phi) is 5.16. The molecular formula is C23H14F6N2. The minimum atomic E-state index is -4.68. The quantitative estimate of drug-likeness (QED) is 0.328. The molecule has 8 heteroatoms. The monoisotopic (exact) mass is 432 g/mol. The Morgan fingerprint density at radius 3 is 2.06 bits per heavy atom. The first-order valence-corrected chi connectivity index (χ1v) is 9.21. The fourth-order valence-electron chi connectivity index (χ4n) is 3.48. The zero-order valence-electron chi connectivity index (χ0n) is 15.8. The van der Waals surface area contributed by atoms with Crippen LogP contribution in [-0.4, -0.2) is 10.2 Å². The van der Waals surface area contributed by atoms with Crippen molar-refractivity contribution in [3.8, 4) is 11.1 Å². The number of benzene rings is 3. The molecule has 0 radical (unpaired) electrons. The van der Waals surface area contributed by atoms with E-state index in [9.17, 15) is 26.3 Å². The van der Waals surface area contributed by atoms with Crippen LogP contribution in [0.5, 0.6) is 0 Å². The van der Waals surface area contributed by atoms with E-state index in [1.807, 2.05) is 0 Å². The van der Waals surface area contributed by atoms with Crippen LogP contribution in [0, 0.1) is 0 Å². The van der Waals surface area contributed by atoms with Crippen LogP contribution >= 0.6 is 0 Å². The van der Waals surface area contributed by atoms with Gasteiger partial charge in [0.25, 0.3) is 0 Å². The van der Waals surface area contributed by atoms with Gasteiger partial charge in [0.1, 0.15) is 5.52 Å². The number of aromatic nitrogens is 2. The second-order valence-corrected chi connectivity index (χ2v) is 6.96. The highest BCUT2D eigenvalue weighted by molar-refractivity contribution is 5.97. The van der Waals surface area contributed by atoms with Gasteiger partial charge in [0, 0.05) is 17.4 Å². The van der Waals surface area contributed by atoms with Crippen molar-refractivity contribution in [1.82, 2.24) is 10.2 Å². The first-order valence-electron chi connectivity index (χ1n) is 9.21. The second-order valence-electron chi connectivity index (χ2n) is 6.96. The standard InChI is InChI=1S/C23H14F6N2/c24-22(25,26)16-9-4-8-15(13-16)20-17-10-5-11-18(23(27,28)29)21(17)31-30-19(20)12-14-6-2-1-3-7-14/h1-11,13H,12H2. The van der Waals surface area contributed by atoms with Gasteiger partial charge in [-0.05, 0) is 29.3 Å². The third-order valence-electron chi connectivity index (χ3n) is 4.86. The molecular weight excluding hydrogens is 418 g/mol. The third kappa shape index (κ3) is 4.23. The van der Waals surface area contributed by atoms with Crippen LogP contribution in [0.25, 0.3) is 22.0 Å². The summed E-state index contributed by atoms with van der Waals surface area (Å²) < 4.78 is 80.4. The molecule has 0 aliphatic heterocycles.